The number of hydrogen-bond acceptors (Lipinski definition) is 5. The Labute approximate surface area is 197 Å². The SMILES string of the molecule is [2H]c1cc(C(=O)NC([2H])([2H])[2H])c(F)c([2H])c1N1C(=S)N(c2cnc(C#N)c(C(F)(F)F)c2)C(=O)C12CCC2. The van der Waals surface area contributed by atoms with Crippen LogP contribution in [0.4, 0.5) is 28.9 Å². The predicted molar refractivity (Wildman–Crippen MR) is 113 cm³/mol. The molecule has 7 nitrogen and oxygen atoms in total. The van der Waals surface area contributed by atoms with Gasteiger partial charge >= 0.3 is 6.18 Å². The second kappa shape index (κ2) is 7.77. The van der Waals surface area contributed by atoms with E-state index in [1.54, 1.807) is 5.32 Å². The Hall–Kier alpha value is -3.59. The van der Waals surface area contributed by atoms with Gasteiger partial charge < -0.3 is 10.2 Å². The largest absolute Gasteiger partial charge is 0.419 e. The fraction of sp³-hybridized carbons (Fsp3) is 0.286. The van der Waals surface area contributed by atoms with Gasteiger partial charge in [-0.15, -0.1) is 0 Å². The summed E-state index contributed by atoms with van der Waals surface area (Å²) in [7, 11) is 0. The van der Waals surface area contributed by atoms with E-state index in [4.69, 9.17) is 24.3 Å². The molecule has 1 aromatic heterocycles. The number of pyridine rings is 1. The van der Waals surface area contributed by atoms with Crippen LogP contribution in [0.5, 0.6) is 0 Å². The third-order valence-corrected chi connectivity index (χ3v) is 5.90. The number of carbonyl (C=O) groups is 2. The predicted octanol–water partition coefficient (Wildman–Crippen LogP) is 3.53. The number of aromatic nitrogens is 1. The fourth-order valence-corrected chi connectivity index (χ4v) is 4.26. The zero-order chi connectivity index (χ0) is 28.4. The lowest BCUT2D eigenvalue weighted by Crippen LogP contribution is -2.55. The first-order valence-corrected chi connectivity index (χ1v) is 9.72. The van der Waals surface area contributed by atoms with Gasteiger partial charge in [0.05, 0.1) is 25.8 Å². The molecule has 2 amide bonds. The average molecular weight is 482 g/mol. The summed E-state index contributed by atoms with van der Waals surface area (Å²) in [4.78, 5) is 31.0. The first-order chi connectivity index (χ1) is 17.5. The molecule has 0 atom stereocenters. The van der Waals surface area contributed by atoms with Gasteiger partial charge in [0.2, 0.25) is 0 Å². The van der Waals surface area contributed by atoms with E-state index in [0.29, 0.717) is 18.6 Å². The molecule has 1 saturated heterocycles. The lowest BCUT2D eigenvalue weighted by molar-refractivity contribution is -0.138. The maximum absolute atomic E-state index is 15.2. The molecule has 12 heteroatoms. The number of alkyl halides is 3. The molecular formula is C21H15F4N5O2S. The summed E-state index contributed by atoms with van der Waals surface area (Å²) in [6.07, 6.45) is -3.44. The van der Waals surface area contributed by atoms with Gasteiger partial charge in [0.1, 0.15) is 17.4 Å². The van der Waals surface area contributed by atoms with Gasteiger partial charge in [-0.25, -0.2) is 9.37 Å². The topological polar surface area (TPSA) is 89.3 Å². The number of thiocarbonyl (C=S) groups is 1. The third kappa shape index (κ3) is 3.39. The standard InChI is InChI=1S/C21H15F4N5O2S/c1-27-17(31)13-4-3-11(8-15(13)22)30-19(33)29(18(32)20(30)5-2-6-20)12-7-14(21(23,24)25)16(9-26)28-10-12/h3-4,7-8,10H,2,5-6H2,1H3,(H,27,31)/i1D3,3D,8D. The first kappa shape index (κ1) is 17.0. The van der Waals surface area contributed by atoms with Crippen LogP contribution in [-0.4, -0.2) is 34.4 Å². The normalized spacial score (nSPS) is 19.8. The number of nitrogens with one attached hydrogen (secondary N) is 1. The number of anilines is 2. The van der Waals surface area contributed by atoms with Crippen molar-refractivity contribution < 1.29 is 34.0 Å². The number of carbonyl (C=O) groups excluding carboxylic acids is 2. The van der Waals surface area contributed by atoms with E-state index in [2.05, 4.69) is 4.98 Å². The Morgan fingerprint density at radius 2 is 2.15 bits per heavy atom. The van der Waals surface area contributed by atoms with Crippen molar-refractivity contribution in [3.05, 3.63) is 53.1 Å². The maximum atomic E-state index is 15.2. The van der Waals surface area contributed by atoms with Crippen molar-refractivity contribution in [3.8, 4) is 6.07 Å². The Kier molecular flexibility index (Phi) is 3.99. The molecule has 2 aromatic rings. The van der Waals surface area contributed by atoms with E-state index in [-0.39, 0.29) is 12.8 Å². The molecule has 2 fully saturated rings. The number of rotatable bonds is 3. The zero-order valence-electron chi connectivity index (χ0n) is 21.4. The molecule has 170 valence electrons. The van der Waals surface area contributed by atoms with Crippen molar-refractivity contribution in [2.24, 2.45) is 0 Å². The van der Waals surface area contributed by atoms with Crippen molar-refractivity contribution in [1.29, 1.82) is 5.26 Å². The Balaban J connectivity index is 1.84. The van der Waals surface area contributed by atoms with E-state index in [0.717, 1.165) is 16.0 Å². The van der Waals surface area contributed by atoms with Crippen LogP contribution < -0.4 is 15.1 Å². The van der Waals surface area contributed by atoms with Gasteiger partial charge in [-0.3, -0.25) is 14.5 Å². The summed E-state index contributed by atoms with van der Waals surface area (Å²) in [6, 6.07) is 0.846. The second-order valence-electron chi connectivity index (χ2n) is 7.29. The van der Waals surface area contributed by atoms with Crippen molar-refractivity contribution in [1.82, 2.24) is 10.3 Å². The van der Waals surface area contributed by atoms with E-state index < -0.39 is 81.7 Å². The Morgan fingerprint density at radius 1 is 1.42 bits per heavy atom. The van der Waals surface area contributed by atoms with E-state index >= 15 is 4.39 Å². The van der Waals surface area contributed by atoms with Crippen LogP contribution in [0.1, 0.15) is 47.7 Å². The number of hydrogen-bond donors (Lipinski definition) is 1. The molecule has 1 N–H and O–H groups in total. The fourth-order valence-electron chi connectivity index (χ4n) is 3.81. The monoisotopic (exact) mass is 482 g/mol. The highest BCUT2D eigenvalue weighted by Gasteiger charge is 2.59. The van der Waals surface area contributed by atoms with Gasteiger partial charge in [0, 0.05) is 16.8 Å². The number of nitriles is 1. The molecule has 1 aromatic carbocycles. The maximum Gasteiger partial charge on any atom is 0.419 e. The van der Waals surface area contributed by atoms with Crippen molar-refractivity contribution in [2.45, 2.75) is 31.0 Å². The van der Waals surface area contributed by atoms with Gasteiger partial charge in [0.25, 0.3) is 11.8 Å². The number of nitrogens with zero attached hydrogens (tertiary/aromatic N) is 4. The summed E-state index contributed by atoms with van der Waals surface area (Å²) in [5, 5.41) is 10.1. The number of benzene rings is 1. The lowest BCUT2D eigenvalue weighted by Gasteiger charge is -2.43. The minimum Gasteiger partial charge on any atom is -0.355 e. The third-order valence-electron chi connectivity index (χ3n) is 5.53. The van der Waals surface area contributed by atoms with E-state index in [1.165, 1.54) is 6.07 Å². The summed E-state index contributed by atoms with van der Waals surface area (Å²) >= 11 is 5.38. The molecule has 1 aliphatic heterocycles. The van der Waals surface area contributed by atoms with Crippen molar-refractivity contribution in [3.63, 3.8) is 0 Å². The second-order valence-corrected chi connectivity index (χ2v) is 7.65. The van der Waals surface area contributed by atoms with Crippen LogP contribution >= 0.6 is 12.2 Å². The van der Waals surface area contributed by atoms with Crippen LogP contribution in [0, 0.1) is 17.1 Å². The Bertz CT molecular complexity index is 1440. The number of halogens is 4. The molecule has 0 unspecified atom stereocenters. The smallest absolute Gasteiger partial charge is 0.355 e. The molecule has 0 bridgehead atoms. The minimum absolute atomic E-state index is 0.111. The van der Waals surface area contributed by atoms with Gasteiger partial charge in [0.15, 0.2) is 10.8 Å². The van der Waals surface area contributed by atoms with E-state index in [1.807, 2.05) is 0 Å². The van der Waals surface area contributed by atoms with Gasteiger partial charge in [-0.05, 0) is 55.7 Å². The quantitative estimate of drug-likeness (QED) is 0.532. The molecule has 2 heterocycles. The summed E-state index contributed by atoms with van der Waals surface area (Å²) < 4.78 is 93.7. The average Bonchev–Trinajstić information content (AvgIpc) is 3.01. The van der Waals surface area contributed by atoms with Crippen molar-refractivity contribution in [2.75, 3.05) is 16.8 Å². The van der Waals surface area contributed by atoms with Crippen LogP contribution in [0.25, 0.3) is 0 Å². The van der Waals surface area contributed by atoms with Crippen LogP contribution in [0.15, 0.2) is 30.4 Å². The molecule has 1 spiro atoms. The summed E-state index contributed by atoms with van der Waals surface area (Å²) in [5.74, 6) is -3.68. The lowest BCUT2D eigenvalue weighted by atomic mass is 9.75. The Morgan fingerprint density at radius 3 is 2.73 bits per heavy atom. The van der Waals surface area contributed by atoms with Crippen molar-refractivity contribution >= 4 is 40.5 Å². The van der Waals surface area contributed by atoms with Crippen LogP contribution in [-0.2, 0) is 11.0 Å². The molecule has 1 aliphatic carbocycles. The molecule has 1 saturated carbocycles. The van der Waals surface area contributed by atoms with Gasteiger partial charge in [-0.1, -0.05) is 0 Å². The minimum atomic E-state index is -4.98. The zero-order valence-corrected chi connectivity index (χ0v) is 17.2. The molecule has 33 heavy (non-hydrogen) atoms. The van der Waals surface area contributed by atoms with Crippen LogP contribution in [0.3, 0.4) is 0 Å². The van der Waals surface area contributed by atoms with Crippen LogP contribution in [0.2, 0.25) is 0 Å². The first-order valence-electron chi connectivity index (χ1n) is 11.8. The van der Waals surface area contributed by atoms with Gasteiger partial charge in [-0.2, -0.15) is 18.4 Å². The molecule has 0 radical (unpaired) electrons. The summed E-state index contributed by atoms with van der Waals surface area (Å²) in [5.41, 5.74) is -5.72. The summed E-state index contributed by atoms with van der Waals surface area (Å²) in [6.45, 7) is -2.98. The van der Waals surface area contributed by atoms with E-state index in [9.17, 15) is 22.8 Å². The highest BCUT2D eigenvalue weighted by molar-refractivity contribution is 7.81. The molecular weight excluding hydrogens is 462 g/mol. The molecule has 4 rings (SSSR count). The highest BCUT2D eigenvalue weighted by Crippen LogP contribution is 2.48. The highest BCUT2D eigenvalue weighted by atomic mass is 32.1. The number of amides is 2. The molecule has 2 aliphatic rings.